The summed E-state index contributed by atoms with van der Waals surface area (Å²) in [5.41, 5.74) is -5.18. The van der Waals surface area contributed by atoms with Crippen molar-refractivity contribution in [1.29, 1.82) is 0 Å². The van der Waals surface area contributed by atoms with Gasteiger partial charge in [-0.2, -0.15) is 13.2 Å². The molecule has 0 bridgehead atoms. The molecule has 8 nitrogen and oxygen atoms in total. The Morgan fingerprint density at radius 3 is 2.32 bits per heavy atom. The molecule has 1 amide bonds. The van der Waals surface area contributed by atoms with Gasteiger partial charge in [0.2, 0.25) is 5.60 Å². The predicted octanol–water partition coefficient (Wildman–Crippen LogP) is 7.83. The summed E-state index contributed by atoms with van der Waals surface area (Å²) in [6.07, 6.45) is -8.10. The molecule has 1 heterocycles. The highest BCUT2D eigenvalue weighted by Crippen LogP contribution is 2.44. The molecular formula is C34H31ClF4N2O6. The lowest BCUT2D eigenvalue weighted by Crippen LogP contribution is -2.45. The number of phenolic OH excluding ortho intramolecular Hbond substituents is 1. The minimum Gasteiger partial charge on any atom is -0.504 e. The van der Waals surface area contributed by atoms with E-state index in [2.05, 4.69) is 10.3 Å². The van der Waals surface area contributed by atoms with Crippen molar-refractivity contribution in [3.8, 4) is 22.8 Å². The van der Waals surface area contributed by atoms with E-state index in [9.17, 15) is 37.4 Å². The first-order chi connectivity index (χ1) is 22.0. The second kappa shape index (κ2) is 14.0. The van der Waals surface area contributed by atoms with Crippen LogP contribution in [0.15, 0.2) is 78.9 Å². The number of ether oxygens (including phenoxy) is 2. The van der Waals surface area contributed by atoms with E-state index in [0.29, 0.717) is 5.56 Å². The Labute approximate surface area is 272 Å². The Hall–Kier alpha value is -4.68. The fraction of sp³-hybridized carbons (Fsp3) is 0.265. The van der Waals surface area contributed by atoms with Crippen molar-refractivity contribution in [3.63, 3.8) is 0 Å². The highest BCUT2D eigenvalue weighted by molar-refractivity contribution is 6.31. The number of phenols is 1. The van der Waals surface area contributed by atoms with Crippen molar-refractivity contribution in [2.45, 2.75) is 50.6 Å². The lowest BCUT2D eigenvalue weighted by Gasteiger charge is -2.33. The van der Waals surface area contributed by atoms with Crippen molar-refractivity contribution in [2.75, 3.05) is 7.11 Å². The van der Waals surface area contributed by atoms with E-state index in [4.69, 9.17) is 21.1 Å². The Bertz CT molecular complexity index is 1770. The normalized spacial score (nSPS) is 13.0. The summed E-state index contributed by atoms with van der Waals surface area (Å²) in [5.74, 6) is -1.87. The minimum atomic E-state index is -5.32. The first kappa shape index (κ1) is 35.2. The minimum absolute atomic E-state index is 0.0492. The number of amides is 1. The van der Waals surface area contributed by atoms with Crippen LogP contribution in [-0.2, 0) is 22.5 Å². The fourth-order valence-electron chi connectivity index (χ4n) is 4.70. The number of aliphatic hydroxyl groups is 1. The van der Waals surface area contributed by atoms with Gasteiger partial charge in [-0.1, -0.05) is 41.9 Å². The van der Waals surface area contributed by atoms with Gasteiger partial charge in [0.1, 0.15) is 12.4 Å². The number of ketones is 1. The van der Waals surface area contributed by atoms with E-state index in [1.54, 1.807) is 30.3 Å². The van der Waals surface area contributed by atoms with Gasteiger partial charge in [-0.3, -0.25) is 4.79 Å². The van der Waals surface area contributed by atoms with E-state index in [0.717, 1.165) is 24.3 Å². The lowest BCUT2D eigenvalue weighted by molar-refractivity contribution is -0.270. The Kier molecular flexibility index (Phi) is 10.5. The number of carbonyl (C=O) groups excluding carboxylic acids is 2. The summed E-state index contributed by atoms with van der Waals surface area (Å²) in [7, 11) is 1.25. The van der Waals surface area contributed by atoms with Gasteiger partial charge < -0.3 is 25.0 Å². The van der Waals surface area contributed by atoms with Crippen LogP contribution in [0, 0.1) is 5.82 Å². The quantitative estimate of drug-likeness (QED) is 0.110. The van der Waals surface area contributed by atoms with Crippen LogP contribution in [0.5, 0.6) is 11.5 Å². The number of aromatic hydroxyl groups is 1. The highest BCUT2D eigenvalue weighted by atomic mass is 35.5. The molecule has 1 atom stereocenters. The van der Waals surface area contributed by atoms with Crippen LogP contribution in [0.25, 0.3) is 11.3 Å². The molecule has 1 aromatic heterocycles. The first-order valence-corrected chi connectivity index (χ1v) is 14.6. The van der Waals surface area contributed by atoms with Gasteiger partial charge in [-0.15, -0.1) is 0 Å². The summed E-state index contributed by atoms with van der Waals surface area (Å²) in [4.78, 5) is 29.8. The Morgan fingerprint density at radius 2 is 1.68 bits per heavy atom. The number of hydrogen-bond acceptors (Lipinski definition) is 7. The van der Waals surface area contributed by atoms with E-state index in [1.807, 2.05) is 0 Å². The van der Waals surface area contributed by atoms with Gasteiger partial charge in [-0.05, 0) is 79.9 Å². The maximum Gasteiger partial charge on any atom is 0.422 e. The predicted molar refractivity (Wildman–Crippen MR) is 166 cm³/mol. The van der Waals surface area contributed by atoms with E-state index < -0.39 is 53.5 Å². The molecule has 0 aliphatic carbocycles. The molecule has 0 radical (unpaired) electrons. The van der Waals surface area contributed by atoms with Crippen molar-refractivity contribution < 1.29 is 46.8 Å². The third-order valence-corrected chi connectivity index (χ3v) is 7.79. The maximum absolute atomic E-state index is 14.8. The van der Waals surface area contributed by atoms with E-state index in [-0.39, 0.29) is 45.5 Å². The number of pyridine rings is 1. The number of carbonyl (C=O) groups is 2. The van der Waals surface area contributed by atoms with Gasteiger partial charge in [-0.25, -0.2) is 14.2 Å². The number of nitrogens with zero attached hydrogens (tertiary/aromatic N) is 1. The second-order valence-electron chi connectivity index (χ2n) is 11.2. The molecule has 4 aromatic rings. The molecule has 4 rings (SSSR count). The molecule has 3 aromatic carbocycles. The molecule has 0 aliphatic heterocycles. The zero-order valence-electron chi connectivity index (χ0n) is 25.5. The fourth-order valence-corrected chi connectivity index (χ4v) is 4.88. The van der Waals surface area contributed by atoms with Gasteiger partial charge in [0.15, 0.2) is 17.3 Å². The molecule has 47 heavy (non-hydrogen) atoms. The van der Waals surface area contributed by atoms with Crippen molar-refractivity contribution in [2.24, 2.45) is 0 Å². The zero-order chi connectivity index (χ0) is 34.6. The molecule has 248 valence electrons. The van der Waals surface area contributed by atoms with Crippen LogP contribution in [0.4, 0.5) is 22.4 Å². The maximum atomic E-state index is 14.8. The molecule has 13 heteroatoms. The van der Waals surface area contributed by atoms with Gasteiger partial charge >= 0.3 is 12.3 Å². The van der Waals surface area contributed by atoms with Crippen LogP contribution in [-0.4, -0.2) is 40.4 Å². The van der Waals surface area contributed by atoms with Crippen LogP contribution in [0.1, 0.15) is 53.9 Å². The topological polar surface area (TPSA) is 118 Å². The van der Waals surface area contributed by atoms with E-state index in [1.165, 1.54) is 45.2 Å². The smallest absolute Gasteiger partial charge is 0.422 e. The first-order valence-electron chi connectivity index (χ1n) is 14.2. The molecule has 3 N–H and O–H groups in total. The van der Waals surface area contributed by atoms with Crippen LogP contribution >= 0.6 is 11.6 Å². The molecule has 1 unspecified atom stereocenters. The molecule has 0 aliphatic rings. The number of benzene rings is 3. The van der Waals surface area contributed by atoms with Crippen molar-refractivity contribution >= 4 is 23.5 Å². The third kappa shape index (κ3) is 8.19. The van der Waals surface area contributed by atoms with Crippen molar-refractivity contribution in [1.82, 2.24) is 10.3 Å². The number of Topliss-reactive ketones (excluding diaryl/α,β-unsaturated/α-hetero) is 1. The third-order valence-electron chi connectivity index (χ3n) is 7.50. The molecule has 0 spiro atoms. The number of alkyl halides is 3. The van der Waals surface area contributed by atoms with Crippen LogP contribution < -0.4 is 10.1 Å². The molecular weight excluding hydrogens is 644 g/mol. The SMILES string of the molecule is COc1cc(C(=O)CCC(O)(c2cc(C(C)(C)NC(=O)OCc3ccccc3)cc(-c3ccc(F)c(Cl)c3)n2)C(F)(F)F)ccc1O. The Morgan fingerprint density at radius 1 is 0.979 bits per heavy atom. The van der Waals surface area contributed by atoms with Crippen LogP contribution in [0.2, 0.25) is 5.02 Å². The largest absolute Gasteiger partial charge is 0.504 e. The monoisotopic (exact) mass is 674 g/mol. The number of methoxy groups -OCH3 is 1. The summed E-state index contributed by atoms with van der Waals surface area (Å²) in [5, 5.41) is 23.4. The summed E-state index contributed by atoms with van der Waals surface area (Å²) >= 11 is 5.96. The van der Waals surface area contributed by atoms with Gasteiger partial charge in [0.05, 0.1) is 29.1 Å². The lowest BCUT2D eigenvalue weighted by atomic mass is 9.86. The van der Waals surface area contributed by atoms with Gasteiger partial charge in [0.25, 0.3) is 0 Å². The number of nitrogens with one attached hydrogen (secondary N) is 1. The molecule has 0 saturated carbocycles. The molecule has 0 fully saturated rings. The number of aromatic nitrogens is 1. The summed E-state index contributed by atoms with van der Waals surface area (Å²) in [6, 6.07) is 18.1. The number of hydrogen-bond donors (Lipinski definition) is 3. The number of halogens is 5. The number of alkyl carbamates (subject to hydrolysis) is 1. The van der Waals surface area contributed by atoms with Gasteiger partial charge in [0, 0.05) is 17.5 Å². The standard InChI is InChI=1S/C34H31ClF4N2O6/c1-32(2,41-31(44)47-19-20-7-5-4-6-8-20)23-17-26(21-9-11-25(36)24(35)15-21)40-30(18-23)33(45,34(37,38)39)14-13-27(42)22-10-12-28(43)29(16-22)46-3/h4-12,15-18,43,45H,13-14,19H2,1-3H3,(H,41,44). The molecule has 0 saturated heterocycles. The zero-order valence-corrected chi connectivity index (χ0v) is 26.2. The van der Waals surface area contributed by atoms with Crippen LogP contribution in [0.3, 0.4) is 0 Å². The second-order valence-corrected chi connectivity index (χ2v) is 11.6. The average Bonchev–Trinajstić information content (AvgIpc) is 3.03. The summed E-state index contributed by atoms with van der Waals surface area (Å²) < 4.78 is 68.5. The van der Waals surface area contributed by atoms with E-state index >= 15 is 0 Å². The summed E-state index contributed by atoms with van der Waals surface area (Å²) in [6.45, 7) is 2.94. The Balaban J connectivity index is 1.73. The average molecular weight is 675 g/mol. The van der Waals surface area contributed by atoms with Crippen molar-refractivity contribution in [3.05, 3.63) is 112 Å². The highest BCUT2D eigenvalue weighted by Gasteiger charge is 2.56. The number of rotatable bonds is 11.